The summed E-state index contributed by atoms with van der Waals surface area (Å²) in [5.74, 6) is 5.73. The van der Waals surface area contributed by atoms with E-state index >= 15 is 0 Å². The average Bonchev–Trinajstić information content (AvgIpc) is 1.98. The van der Waals surface area contributed by atoms with E-state index in [0.29, 0.717) is 6.42 Å². The maximum atomic E-state index is 10.8. The lowest BCUT2D eigenvalue weighted by Gasteiger charge is -2.00. The highest BCUT2D eigenvalue weighted by Crippen LogP contribution is 2.02. The molecule has 1 nitrogen and oxygen atoms in total. The van der Waals surface area contributed by atoms with Crippen LogP contribution in [0.1, 0.15) is 20.3 Å². The third kappa shape index (κ3) is 3.53. The lowest BCUT2D eigenvalue weighted by Crippen LogP contribution is -2.10. The summed E-state index contributed by atoms with van der Waals surface area (Å²) < 4.78 is 0. The fraction of sp³-hybridized carbons (Fsp3) is 0.625. The van der Waals surface area contributed by atoms with Crippen molar-refractivity contribution in [2.75, 3.05) is 5.88 Å². The Labute approximate surface area is 66.8 Å². The fourth-order valence-corrected chi connectivity index (χ4v) is 0.764. The summed E-state index contributed by atoms with van der Waals surface area (Å²) in [6, 6.07) is 0. The lowest BCUT2D eigenvalue weighted by molar-refractivity contribution is -0.119. The first-order chi connectivity index (χ1) is 4.72. The van der Waals surface area contributed by atoms with Gasteiger partial charge >= 0.3 is 0 Å². The molecule has 0 aliphatic heterocycles. The Balaban J connectivity index is 3.69. The van der Waals surface area contributed by atoms with Crippen LogP contribution in [0.2, 0.25) is 0 Å². The molecule has 0 spiro atoms. The van der Waals surface area contributed by atoms with Gasteiger partial charge in [-0.05, 0) is 6.92 Å². The maximum Gasteiger partial charge on any atom is 0.151 e. The van der Waals surface area contributed by atoms with Crippen molar-refractivity contribution in [3.8, 4) is 11.8 Å². The molecule has 1 unspecified atom stereocenters. The summed E-state index contributed by atoms with van der Waals surface area (Å²) in [7, 11) is 0. The zero-order chi connectivity index (χ0) is 7.98. The van der Waals surface area contributed by atoms with Gasteiger partial charge in [-0.15, -0.1) is 23.4 Å². The summed E-state index contributed by atoms with van der Waals surface area (Å²) in [6.07, 6.45) is 0.627. The van der Waals surface area contributed by atoms with Crippen molar-refractivity contribution in [1.29, 1.82) is 0 Å². The summed E-state index contributed by atoms with van der Waals surface area (Å²) in [5.41, 5.74) is 0. The molecule has 0 aliphatic carbocycles. The smallest absolute Gasteiger partial charge is 0.151 e. The predicted octanol–water partition coefficient (Wildman–Crippen LogP) is 1.84. The number of carbonyl (C=O) groups is 1. The van der Waals surface area contributed by atoms with Crippen molar-refractivity contribution < 1.29 is 4.79 Å². The molecule has 0 aromatic rings. The number of ketones is 1. The molecular weight excluding hydrogens is 148 g/mol. The van der Waals surface area contributed by atoms with Gasteiger partial charge in [-0.1, -0.05) is 6.92 Å². The van der Waals surface area contributed by atoms with Crippen LogP contribution in [0.15, 0.2) is 0 Å². The van der Waals surface area contributed by atoms with Crippen LogP contribution in [0.3, 0.4) is 0 Å². The van der Waals surface area contributed by atoms with E-state index in [0.717, 1.165) is 0 Å². The molecule has 0 saturated carbocycles. The van der Waals surface area contributed by atoms with Gasteiger partial charge in [-0.25, -0.2) is 0 Å². The van der Waals surface area contributed by atoms with Gasteiger partial charge in [0, 0.05) is 12.3 Å². The number of alkyl halides is 1. The SMILES string of the molecule is CC#CCC(C)C(=O)CCl. The molecule has 0 fully saturated rings. The van der Waals surface area contributed by atoms with Crippen LogP contribution < -0.4 is 0 Å². The molecule has 10 heavy (non-hydrogen) atoms. The van der Waals surface area contributed by atoms with Crippen LogP contribution >= 0.6 is 11.6 Å². The molecule has 0 aromatic heterocycles. The molecule has 0 bridgehead atoms. The van der Waals surface area contributed by atoms with E-state index in [1.54, 1.807) is 6.92 Å². The molecule has 0 aromatic carbocycles. The molecule has 2 heteroatoms. The molecule has 1 atom stereocenters. The maximum absolute atomic E-state index is 10.8. The Morgan fingerprint density at radius 3 is 2.70 bits per heavy atom. The van der Waals surface area contributed by atoms with Crippen LogP contribution in [0, 0.1) is 17.8 Å². The third-order valence-electron chi connectivity index (χ3n) is 1.27. The van der Waals surface area contributed by atoms with E-state index in [1.165, 1.54) is 0 Å². The van der Waals surface area contributed by atoms with Gasteiger partial charge < -0.3 is 0 Å². The van der Waals surface area contributed by atoms with Gasteiger partial charge in [0.05, 0.1) is 5.88 Å². The minimum atomic E-state index is -0.00931. The highest BCUT2D eigenvalue weighted by atomic mass is 35.5. The van der Waals surface area contributed by atoms with Gasteiger partial charge in [0.25, 0.3) is 0 Å². The second-order valence-electron chi connectivity index (χ2n) is 2.13. The van der Waals surface area contributed by atoms with E-state index < -0.39 is 0 Å². The molecule has 0 amide bonds. The minimum Gasteiger partial charge on any atom is -0.298 e. The van der Waals surface area contributed by atoms with E-state index in [2.05, 4.69) is 11.8 Å². The van der Waals surface area contributed by atoms with Crippen molar-refractivity contribution >= 4 is 17.4 Å². The Kier molecular flexibility index (Phi) is 5.06. The number of Topliss-reactive ketones (excluding diaryl/α,β-unsaturated/α-hetero) is 1. The first-order valence-corrected chi connectivity index (χ1v) is 3.74. The van der Waals surface area contributed by atoms with Crippen LogP contribution in [0.4, 0.5) is 0 Å². The fourth-order valence-electron chi connectivity index (χ4n) is 0.501. The van der Waals surface area contributed by atoms with E-state index in [9.17, 15) is 4.79 Å². The molecule has 56 valence electrons. The molecule has 0 radical (unpaired) electrons. The highest BCUT2D eigenvalue weighted by Gasteiger charge is 2.08. The standard InChI is InChI=1S/C8H11ClO/c1-3-4-5-7(2)8(10)6-9/h7H,5-6H2,1-2H3. The Morgan fingerprint density at radius 1 is 1.70 bits per heavy atom. The first kappa shape index (κ1) is 9.52. The van der Waals surface area contributed by atoms with Crippen molar-refractivity contribution in [2.45, 2.75) is 20.3 Å². The minimum absolute atomic E-state index is 0.00931. The van der Waals surface area contributed by atoms with Crippen molar-refractivity contribution in [1.82, 2.24) is 0 Å². The number of halogens is 1. The van der Waals surface area contributed by atoms with E-state index in [4.69, 9.17) is 11.6 Å². The van der Waals surface area contributed by atoms with Gasteiger partial charge in [0.2, 0.25) is 0 Å². The summed E-state index contributed by atoms with van der Waals surface area (Å²) in [6.45, 7) is 3.60. The normalized spacial score (nSPS) is 11.5. The van der Waals surface area contributed by atoms with Gasteiger partial charge in [-0.3, -0.25) is 4.79 Å². The molecule has 0 aliphatic rings. The Morgan fingerprint density at radius 2 is 2.30 bits per heavy atom. The summed E-state index contributed by atoms with van der Waals surface area (Å²) >= 11 is 5.33. The largest absolute Gasteiger partial charge is 0.298 e. The first-order valence-electron chi connectivity index (χ1n) is 3.20. The molecule has 0 heterocycles. The summed E-state index contributed by atoms with van der Waals surface area (Å²) in [5, 5.41) is 0. The zero-order valence-electron chi connectivity index (χ0n) is 6.28. The van der Waals surface area contributed by atoms with Crippen LogP contribution in [0.5, 0.6) is 0 Å². The molecule has 0 N–H and O–H groups in total. The van der Waals surface area contributed by atoms with Crippen molar-refractivity contribution in [3.05, 3.63) is 0 Å². The second-order valence-corrected chi connectivity index (χ2v) is 2.40. The van der Waals surface area contributed by atoms with Gasteiger partial charge in [0.15, 0.2) is 5.78 Å². The topological polar surface area (TPSA) is 17.1 Å². The van der Waals surface area contributed by atoms with Crippen LogP contribution in [0.25, 0.3) is 0 Å². The van der Waals surface area contributed by atoms with Crippen molar-refractivity contribution in [3.63, 3.8) is 0 Å². The predicted molar refractivity (Wildman–Crippen MR) is 43.0 cm³/mol. The van der Waals surface area contributed by atoms with E-state index in [-0.39, 0.29) is 17.6 Å². The number of rotatable bonds is 3. The average molecular weight is 159 g/mol. The highest BCUT2D eigenvalue weighted by molar-refractivity contribution is 6.27. The second kappa shape index (κ2) is 5.32. The number of carbonyl (C=O) groups excluding carboxylic acids is 1. The lowest BCUT2D eigenvalue weighted by atomic mass is 10.0. The van der Waals surface area contributed by atoms with Gasteiger partial charge in [-0.2, -0.15) is 0 Å². The number of hydrogen-bond donors (Lipinski definition) is 0. The van der Waals surface area contributed by atoms with Gasteiger partial charge in [0.1, 0.15) is 0 Å². The Hall–Kier alpha value is -0.480. The summed E-state index contributed by atoms with van der Waals surface area (Å²) in [4.78, 5) is 10.8. The van der Waals surface area contributed by atoms with Crippen molar-refractivity contribution in [2.24, 2.45) is 5.92 Å². The van der Waals surface area contributed by atoms with Crippen LogP contribution in [-0.4, -0.2) is 11.7 Å². The molecule has 0 rings (SSSR count). The van der Waals surface area contributed by atoms with E-state index in [1.807, 2.05) is 6.92 Å². The number of hydrogen-bond acceptors (Lipinski definition) is 1. The quantitative estimate of drug-likeness (QED) is 0.453. The monoisotopic (exact) mass is 158 g/mol. The third-order valence-corrected chi connectivity index (χ3v) is 1.53. The molecular formula is C8H11ClO. The Bertz CT molecular complexity index is 164. The zero-order valence-corrected chi connectivity index (χ0v) is 7.03. The van der Waals surface area contributed by atoms with Crippen LogP contribution in [-0.2, 0) is 4.79 Å². The molecule has 0 saturated heterocycles.